The number of carbonyl (C=O) groups is 1. The first-order chi connectivity index (χ1) is 14.8. The zero-order valence-corrected chi connectivity index (χ0v) is 17.8. The van der Waals surface area contributed by atoms with E-state index in [2.05, 4.69) is 31.3 Å². The number of rotatable bonds is 6. The van der Waals surface area contributed by atoms with Crippen molar-refractivity contribution in [2.75, 3.05) is 26.3 Å². The van der Waals surface area contributed by atoms with Crippen molar-refractivity contribution >= 4 is 5.91 Å². The Morgan fingerprint density at radius 1 is 1.12 bits per heavy atom. The van der Waals surface area contributed by atoms with Crippen LogP contribution >= 0.6 is 0 Å². The Labute approximate surface area is 182 Å². The maximum atomic E-state index is 12.6. The third-order valence-electron chi connectivity index (χ3n) is 6.17. The Morgan fingerprint density at radius 2 is 1.78 bits per heavy atom. The Hall–Kier alpha value is -1.19. The smallest absolute Gasteiger partial charge is 0.333 e. The first-order valence-electron chi connectivity index (χ1n) is 10.6. The Bertz CT molecular complexity index is 642. The van der Waals surface area contributed by atoms with Gasteiger partial charge in [-0.25, -0.2) is 0 Å². The number of carbonyl (C=O) groups excluding carboxylic acids is 1. The highest BCUT2D eigenvalue weighted by Crippen LogP contribution is 2.29. The fourth-order valence-electron chi connectivity index (χ4n) is 4.40. The molecule has 3 aliphatic rings. The van der Waals surface area contributed by atoms with E-state index in [1.165, 1.54) is 11.8 Å². The van der Waals surface area contributed by atoms with Crippen molar-refractivity contribution < 1.29 is 35.9 Å². The van der Waals surface area contributed by atoms with Gasteiger partial charge in [0.2, 0.25) is 5.91 Å². The fourth-order valence-corrected chi connectivity index (χ4v) is 4.40. The van der Waals surface area contributed by atoms with Crippen LogP contribution in [0.2, 0.25) is 0 Å². The summed E-state index contributed by atoms with van der Waals surface area (Å²) < 4.78 is 78.8. The molecule has 0 aromatic carbocycles. The minimum absolute atomic E-state index is 0.0876. The maximum Gasteiger partial charge on any atom is 0.522 e. The molecule has 3 heterocycles. The average Bonchev–Trinajstić information content (AvgIpc) is 2.69. The predicted octanol–water partition coefficient (Wildman–Crippen LogP) is 0.423. The third kappa shape index (κ3) is 6.90. The molecule has 1 amide bonds. The van der Waals surface area contributed by atoms with Gasteiger partial charge < -0.3 is 15.5 Å². The van der Waals surface area contributed by atoms with Gasteiger partial charge in [-0.3, -0.25) is 25.5 Å². The summed E-state index contributed by atoms with van der Waals surface area (Å²) in [6, 6.07) is -1.40. The van der Waals surface area contributed by atoms with E-state index in [9.17, 15) is 31.1 Å². The van der Waals surface area contributed by atoms with Gasteiger partial charge in [-0.05, 0) is 26.2 Å². The second-order valence-electron chi connectivity index (χ2n) is 8.68. The lowest BCUT2D eigenvalue weighted by Gasteiger charge is -2.47. The molecule has 0 saturated carbocycles. The zero-order valence-electron chi connectivity index (χ0n) is 17.8. The van der Waals surface area contributed by atoms with Crippen LogP contribution in [0, 0.1) is 5.92 Å². The van der Waals surface area contributed by atoms with Gasteiger partial charge in [0.1, 0.15) is 6.10 Å². The average molecular weight is 476 g/mol. The molecule has 3 saturated heterocycles. The summed E-state index contributed by atoms with van der Waals surface area (Å²) in [5.41, 5.74) is 0. The largest absolute Gasteiger partial charge is 0.522 e. The molecular formula is C18H30F6N6O2. The molecule has 14 heteroatoms. The molecule has 0 aromatic rings. The zero-order chi connectivity index (χ0) is 23.7. The van der Waals surface area contributed by atoms with Crippen molar-refractivity contribution in [1.82, 2.24) is 31.5 Å². The second-order valence-corrected chi connectivity index (χ2v) is 8.68. The number of hydrogen-bond acceptors (Lipinski definition) is 7. The van der Waals surface area contributed by atoms with Gasteiger partial charge in [-0.1, -0.05) is 0 Å². The lowest BCUT2D eigenvalue weighted by Crippen LogP contribution is -2.69. The summed E-state index contributed by atoms with van der Waals surface area (Å²) in [5, 5.41) is 15.8. The summed E-state index contributed by atoms with van der Waals surface area (Å²) in [6.07, 6.45) is -10.8. The van der Waals surface area contributed by atoms with Crippen LogP contribution in [0.5, 0.6) is 0 Å². The summed E-state index contributed by atoms with van der Waals surface area (Å²) >= 11 is 0. The van der Waals surface area contributed by atoms with Crippen LogP contribution in [0.1, 0.15) is 26.7 Å². The second kappa shape index (κ2) is 9.97. The Balaban J connectivity index is 1.43. The van der Waals surface area contributed by atoms with Crippen molar-refractivity contribution in [2.24, 2.45) is 5.92 Å². The quantitative estimate of drug-likeness (QED) is 0.355. The van der Waals surface area contributed by atoms with E-state index >= 15 is 0 Å². The number of hydrogen-bond donors (Lipinski definition) is 5. The normalized spacial score (nSPS) is 35.3. The highest BCUT2D eigenvalue weighted by atomic mass is 19.4. The van der Waals surface area contributed by atoms with Crippen molar-refractivity contribution in [3.05, 3.63) is 0 Å². The summed E-state index contributed by atoms with van der Waals surface area (Å²) in [5.74, 6) is -0.844. The van der Waals surface area contributed by atoms with Crippen LogP contribution in [-0.2, 0) is 9.53 Å². The Morgan fingerprint density at radius 3 is 2.34 bits per heavy atom. The van der Waals surface area contributed by atoms with Crippen LogP contribution in [0.4, 0.5) is 26.3 Å². The first kappa shape index (κ1) is 25.4. The van der Waals surface area contributed by atoms with Crippen molar-refractivity contribution in [3.8, 4) is 0 Å². The summed E-state index contributed by atoms with van der Waals surface area (Å²) in [7, 11) is 0. The molecule has 0 aromatic heterocycles. The van der Waals surface area contributed by atoms with Crippen molar-refractivity contribution in [2.45, 2.75) is 75.8 Å². The molecule has 2 unspecified atom stereocenters. The molecular weight excluding hydrogens is 446 g/mol. The van der Waals surface area contributed by atoms with Crippen LogP contribution in [-0.4, -0.2) is 86.2 Å². The van der Waals surface area contributed by atoms with E-state index in [4.69, 9.17) is 0 Å². The lowest BCUT2D eigenvalue weighted by atomic mass is 9.98. The lowest BCUT2D eigenvalue weighted by molar-refractivity contribution is -0.359. The third-order valence-corrected chi connectivity index (χ3v) is 6.17. The van der Waals surface area contributed by atoms with Gasteiger partial charge in [0, 0.05) is 38.8 Å². The fraction of sp³-hybridized carbons (Fsp3) is 0.944. The summed E-state index contributed by atoms with van der Waals surface area (Å²) in [6.45, 7) is 3.97. The van der Waals surface area contributed by atoms with Gasteiger partial charge in [0.25, 0.3) is 0 Å². The van der Waals surface area contributed by atoms with Gasteiger partial charge in [0.15, 0.2) is 0 Å². The monoisotopic (exact) mass is 476 g/mol. The number of alkyl halides is 6. The number of ether oxygens (including phenoxy) is 1. The van der Waals surface area contributed by atoms with Crippen LogP contribution in [0.3, 0.4) is 0 Å². The van der Waals surface area contributed by atoms with Gasteiger partial charge in [0.05, 0.1) is 24.4 Å². The molecule has 5 atom stereocenters. The molecule has 0 radical (unpaired) electrons. The topological polar surface area (TPSA) is 89.7 Å². The van der Waals surface area contributed by atoms with E-state index in [-0.39, 0.29) is 43.9 Å². The van der Waals surface area contributed by atoms with Crippen molar-refractivity contribution in [1.29, 1.82) is 0 Å². The van der Waals surface area contributed by atoms with E-state index in [1.807, 2.05) is 0 Å². The maximum absolute atomic E-state index is 12.6. The standard InChI is InChI=1S/C18H30F6N6O2/c1-9(16(31)30-7-13(10(30)2)32-18(22,23)24)29-14-3-12(27-8-28-14)15-25-5-11(6-26-15)4-17(19,20)21/h9-15,25-29H,3-8H2,1-2H3/t9-,10+,11?,12?,13+,14?,15?/m1/s1. The number of amides is 1. The number of likely N-dealkylation sites (tertiary alicyclic amines) is 1. The van der Waals surface area contributed by atoms with Gasteiger partial charge in [-0.2, -0.15) is 13.2 Å². The van der Waals surface area contributed by atoms with Crippen molar-refractivity contribution in [3.63, 3.8) is 0 Å². The summed E-state index contributed by atoms with van der Waals surface area (Å²) in [4.78, 5) is 14.0. The number of nitrogens with zero attached hydrogens (tertiary/aromatic N) is 1. The molecule has 0 aliphatic carbocycles. The van der Waals surface area contributed by atoms with Crippen LogP contribution in [0.15, 0.2) is 0 Å². The van der Waals surface area contributed by atoms with E-state index in [1.54, 1.807) is 6.92 Å². The SMILES string of the molecule is C[C@@H](NC1CC(C2NCC(CC(F)(F)F)CN2)NCN1)C(=O)N1C[C@H](OC(F)(F)F)[C@@H]1C. The molecule has 3 fully saturated rings. The number of halogens is 6. The molecule has 32 heavy (non-hydrogen) atoms. The molecule has 186 valence electrons. The van der Waals surface area contributed by atoms with Gasteiger partial charge in [-0.15, -0.1) is 13.2 Å². The molecule has 5 N–H and O–H groups in total. The molecule has 3 rings (SSSR count). The molecule has 0 spiro atoms. The number of nitrogens with one attached hydrogen (secondary N) is 5. The van der Waals surface area contributed by atoms with E-state index in [0.717, 1.165) is 0 Å². The molecule has 3 aliphatic heterocycles. The molecule has 8 nitrogen and oxygen atoms in total. The Kier molecular flexibility index (Phi) is 7.93. The highest BCUT2D eigenvalue weighted by Gasteiger charge is 2.47. The minimum Gasteiger partial charge on any atom is -0.333 e. The first-order valence-corrected chi connectivity index (χ1v) is 10.6. The van der Waals surface area contributed by atoms with E-state index < -0.39 is 43.1 Å². The van der Waals surface area contributed by atoms with Gasteiger partial charge >= 0.3 is 12.5 Å². The van der Waals surface area contributed by atoms with Crippen LogP contribution in [0.25, 0.3) is 0 Å². The molecule has 0 bridgehead atoms. The van der Waals surface area contributed by atoms with E-state index in [0.29, 0.717) is 13.1 Å². The highest BCUT2D eigenvalue weighted by molar-refractivity contribution is 5.82. The minimum atomic E-state index is -4.74. The predicted molar refractivity (Wildman–Crippen MR) is 102 cm³/mol. The van der Waals surface area contributed by atoms with Crippen LogP contribution < -0.4 is 26.6 Å².